The molecule has 1 unspecified atom stereocenters. The van der Waals surface area contributed by atoms with Crippen LogP contribution in [0, 0.1) is 5.92 Å². The Balaban J connectivity index is 1.77. The van der Waals surface area contributed by atoms with Crippen LogP contribution in [0.4, 0.5) is 0 Å². The molecular weight excluding hydrogens is 234 g/mol. The van der Waals surface area contributed by atoms with Crippen LogP contribution in [0.3, 0.4) is 0 Å². The van der Waals surface area contributed by atoms with Gasteiger partial charge in [0, 0.05) is 13.2 Å². The van der Waals surface area contributed by atoms with Crippen molar-refractivity contribution in [3.63, 3.8) is 0 Å². The second-order valence-electron chi connectivity index (χ2n) is 5.72. The van der Waals surface area contributed by atoms with Crippen molar-refractivity contribution in [1.82, 2.24) is 5.32 Å². The standard InChI is InChI=1S/C17H27NO/c1-2-14(13-19)12-18-10-9-15-7-8-16-5-3-4-6-17(16)11-15/h7-8,11,14,18-19H,2-6,9-10,12-13H2,1H3. The van der Waals surface area contributed by atoms with Crippen LogP contribution in [0.15, 0.2) is 18.2 Å². The zero-order valence-electron chi connectivity index (χ0n) is 12.1. The smallest absolute Gasteiger partial charge is 0.0471 e. The minimum atomic E-state index is 0.294. The van der Waals surface area contributed by atoms with Crippen molar-refractivity contribution in [2.45, 2.75) is 45.4 Å². The first-order valence-electron chi connectivity index (χ1n) is 7.75. The first-order chi connectivity index (χ1) is 9.33. The lowest BCUT2D eigenvalue weighted by molar-refractivity contribution is 0.219. The molecule has 0 amide bonds. The molecule has 0 saturated carbocycles. The van der Waals surface area contributed by atoms with Gasteiger partial charge in [-0.05, 0) is 67.7 Å². The second-order valence-corrected chi connectivity index (χ2v) is 5.72. The van der Waals surface area contributed by atoms with Gasteiger partial charge < -0.3 is 10.4 Å². The van der Waals surface area contributed by atoms with E-state index < -0.39 is 0 Å². The molecule has 0 aromatic heterocycles. The fraction of sp³-hybridized carbons (Fsp3) is 0.647. The molecule has 19 heavy (non-hydrogen) atoms. The molecule has 0 heterocycles. The molecule has 0 aliphatic heterocycles. The topological polar surface area (TPSA) is 32.3 Å². The van der Waals surface area contributed by atoms with E-state index in [1.54, 1.807) is 11.1 Å². The van der Waals surface area contributed by atoms with Gasteiger partial charge in [-0.15, -0.1) is 0 Å². The molecule has 2 nitrogen and oxygen atoms in total. The van der Waals surface area contributed by atoms with E-state index >= 15 is 0 Å². The van der Waals surface area contributed by atoms with Crippen LogP contribution < -0.4 is 5.32 Å². The van der Waals surface area contributed by atoms with Crippen LogP contribution in [0.25, 0.3) is 0 Å². The second kappa shape index (κ2) is 7.66. The van der Waals surface area contributed by atoms with Crippen molar-refractivity contribution in [3.05, 3.63) is 34.9 Å². The molecule has 0 fully saturated rings. The highest BCUT2D eigenvalue weighted by atomic mass is 16.3. The number of rotatable bonds is 7. The Morgan fingerprint density at radius 3 is 2.74 bits per heavy atom. The van der Waals surface area contributed by atoms with Crippen LogP contribution in [-0.2, 0) is 19.3 Å². The highest BCUT2D eigenvalue weighted by Crippen LogP contribution is 2.22. The summed E-state index contributed by atoms with van der Waals surface area (Å²) in [6.45, 7) is 4.36. The molecule has 106 valence electrons. The number of benzene rings is 1. The van der Waals surface area contributed by atoms with E-state index in [9.17, 15) is 0 Å². The SMILES string of the molecule is CCC(CO)CNCCc1ccc2c(c1)CCCC2. The summed E-state index contributed by atoms with van der Waals surface area (Å²) in [5.41, 5.74) is 4.59. The maximum absolute atomic E-state index is 9.13. The highest BCUT2D eigenvalue weighted by molar-refractivity contribution is 5.33. The molecule has 0 spiro atoms. The summed E-state index contributed by atoms with van der Waals surface area (Å²) in [6, 6.07) is 7.01. The molecule has 2 heteroatoms. The lowest BCUT2D eigenvalue weighted by Crippen LogP contribution is -2.26. The van der Waals surface area contributed by atoms with E-state index in [4.69, 9.17) is 5.11 Å². The maximum Gasteiger partial charge on any atom is 0.0471 e. The highest BCUT2D eigenvalue weighted by Gasteiger charge is 2.09. The third-order valence-corrected chi connectivity index (χ3v) is 4.27. The molecule has 1 aromatic carbocycles. The van der Waals surface area contributed by atoms with Gasteiger partial charge in [0.2, 0.25) is 0 Å². The van der Waals surface area contributed by atoms with E-state index in [0.29, 0.717) is 12.5 Å². The lowest BCUT2D eigenvalue weighted by Gasteiger charge is -2.17. The quantitative estimate of drug-likeness (QED) is 0.740. The lowest BCUT2D eigenvalue weighted by atomic mass is 9.90. The van der Waals surface area contributed by atoms with Crippen molar-refractivity contribution < 1.29 is 5.11 Å². The van der Waals surface area contributed by atoms with Gasteiger partial charge in [-0.1, -0.05) is 25.1 Å². The van der Waals surface area contributed by atoms with Crippen LogP contribution in [0.1, 0.15) is 42.9 Å². The van der Waals surface area contributed by atoms with E-state index in [0.717, 1.165) is 25.9 Å². The summed E-state index contributed by atoms with van der Waals surface area (Å²) in [5, 5.41) is 12.6. The Bertz CT molecular complexity index is 385. The number of hydrogen-bond donors (Lipinski definition) is 2. The third kappa shape index (κ3) is 4.32. The molecule has 0 bridgehead atoms. The summed E-state index contributed by atoms with van der Waals surface area (Å²) in [6.07, 6.45) is 7.37. The fourth-order valence-electron chi connectivity index (χ4n) is 2.82. The molecule has 1 aromatic rings. The fourth-order valence-corrected chi connectivity index (χ4v) is 2.82. The molecular formula is C17H27NO. The Morgan fingerprint density at radius 2 is 2.00 bits per heavy atom. The minimum absolute atomic E-state index is 0.294. The summed E-state index contributed by atoms with van der Waals surface area (Å²) >= 11 is 0. The van der Waals surface area contributed by atoms with Crippen LogP contribution in [0.5, 0.6) is 0 Å². The van der Waals surface area contributed by atoms with Crippen LogP contribution in [0.2, 0.25) is 0 Å². The maximum atomic E-state index is 9.13. The molecule has 0 saturated heterocycles. The van der Waals surface area contributed by atoms with Gasteiger partial charge in [0.05, 0.1) is 0 Å². The number of aliphatic hydroxyl groups excluding tert-OH is 1. The minimum Gasteiger partial charge on any atom is -0.396 e. The number of aliphatic hydroxyl groups is 1. The Labute approximate surface area is 117 Å². The molecule has 0 radical (unpaired) electrons. The summed E-state index contributed by atoms with van der Waals surface area (Å²) < 4.78 is 0. The number of hydrogen-bond acceptors (Lipinski definition) is 2. The van der Waals surface area contributed by atoms with Crippen LogP contribution >= 0.6 is 0 Å². The first-order valence-corrected chi connectivity index (χ1v) is 7.75. The van der Waals surface area contributed by atoms with Gasteiger partial charge in [0.25, 0.3) is 0 Å². The molecule has 1 aliphatic rings. The predicted molar refractivity (Wildman–Crippen MR) is 80.5 cm³/mol. The van der Waals surface area contributed by atoms with Gasteiger partial charge in [-0.2, -0.15) is 0 Å². The first kappa shape index (κ1) is 14.5. The third-order valence-electron chi connectivity index (χ3n) is 4.27. The average molecular weight is 261 g/mol. The van der Waals surface area contributed by atoms with Crippen molar-refractivity contribution in [3.8, 4) is 0 Å². The molecule has 2 N–H and O–H groups in total. The van der Waals surface area contributed by atoms with Crippen molar-refractivity contribution >= 4 is 0 Å². The summed E-state index contributed by atoms with van der Waals surface area (Å²) in [5.74, 6) is 0.406. The van der Waals surface area contributed by atoms with Gasteiger partial charge in [-0.25, -0.2) is 0 Å². The van der Waals surface area contributed by atoms with Gasteiger partial charge in [-0.3, -0.25) is 0 Å². The normalized spacial score (nSPS) is 16.1. The van der Waals surface area contributed by atoms with Crippen molar-refractivity contribution in [2.24, 2.45) is 5.92 Å². The van der Waals surface area contributed by atoms with E-state index in [1.807, 2.05) is 0 Å². The monoisotopic (exact) mass is 261 g/mol. The van der Waals surface area contributed by atoms with Crippen molar-refractivity contribution in [1.29, 1.82) is 0 Å². The zero-order valence-corrected chi connectivity index (χ0v) is 12.1. The largest absolute Gasteiger partial charge is 0.396 e. The molecule has 2 rings (SSSR count). The Hall–Kier alpha value is -0.860. The molecule has 1 aliphatic carbocycles. The van der Waals surface area contributed by atoms with E-state index in [1.165, 1.54) is 31.2 Å². The van der Waals surface area contributed by atoms with Crippen molar-refractivity contribution in [2.75, 3.05) is 19.7 Å². The van der Waals surface area contributed by atoms with E-state index in [-0.39, 0.29) is 0 Å². The molecule has 1 atom stereocenters. The van der Waals surface area contributed by atoms with E-state index in [2.05, 4.69) is 30.4 Å². The summed E-state index contributed by atoms with van der Waals surface area (Å²) in [7, 11) is 0. The average Bonchev–Trinajstić information content (AvgIpc) is 2.47. The van der Waals surface area contributed by atoms with Gasteiger partial charge >= 0.3 is 0 Å². The summed E-state index contributed by atoms with van der Waals surface area (Å²) in [4.78, 5) is 0. The number of aryl methyl sites for hydroxylation is 2. The van der Waals surface area contributed by atoms with Crippen LogP contribution in [-0.4, -0.2) is 24.8 Å². The Kier molecular flexibility index (Phi) is 5.87. The van der Waals surface area contributed by atoms with Gasteiger partial charge in [0.15, 0.2) is 0 Å². The Morgan fingerprint density at radius 1 is 1.21 bits per heavy atom. The number of nitrogens with one attached hydrogen (secondary N) is 1. The predicted octanol–water partition coefficient (Wildman–Crippen LogP) is 2.72. The zero-order chi connectivity index (χ0) is 13.5. The van der Waals surface area contributed by atoms with Gasteiger partial charge in [0.1, 0.15) is 0 Å². The number of fused-ring (bicyclic) bond motifs is 1.